The van der Waals surface area contributed by atoms with Crippen molar-refractivity contribution < 1.29 is 5.11 Å². The van der Waals surface area contributed by atoms with E-state index in [1.54, 1.807) is 18.2 Å². The van der Waals surface area contributed by atoms with Crippen molar-refractivity contribution in [3.05, 3.63) is 38.9 Å². The second-order valence-corrected chi connectivity index (χ2v) is 3.41. The van der Waals surface area contributed by atoms with E-state index in [-0.39, 0.29) is 13.2 Å². The van der Waals surface area contributed by atoms with Crippen molar-refractivity contribution in [1.29, 1.82) is 0 Å². The van der Waals surface area contributed by atoms with Crippen molar-refractivity contribution in [3.8, 4) is 0 Å². The van der Waals surface area contributed by atoms with Crippen LogP contribution in [0.3, 0.4) is 0 Å². The van der Waals surface area contributed by atoms with E-state index in [1.165, 1.54) is 4.57 Å². The van der Waals surface area contributed by atoms with Gasteiger partial charge in [0.2, 0.25) is 0 Å². The first-order valence-electron chi connectivity index (χ1n) is 4.76. The van der Waals surface area contributed by atoms with Gasteiger partial charge in [-0.05, 0) is 18.2 Å². The van der Waals surface area contributed by atoms with Crippen LogP contribution in [0.1, 0.15) is 0 Å². The normalized spacial score (nSPS) is 10.8. The molecule has 0 atom stereocenters. The van der Waals surface area contributed by atoms with E-state index < -0.39 is 11.1 Å². The average molecular weight is 221 g/mol. The molecule has 0 unspecified atom stereocenters. The van der Waals surface area contributed by atoms with E-state index in [2.05, 4.69) is 4.98 Å². The van der Waals surface area contributed by atoms with Crippen LogP contribution in [0.25, 0.3) is 11.0 Å². The second kappa shape index (κ2) is 3.82. The molecule has 1 heterocycles. The number of nitrogen functional groups attached to an aromatic ring is 1. The zero-order chi connectivity index (χ0) is 11.7. The summed E-state index contributed by atoms with van der Waals surface area (Å²) in [5.41, 5.74) is 5.72. The summed E-state index contributed by atoms with van der Waals surface area (Å²) < 4.78 is 1.23. The number of nitrogens with zero attached hydrogens (tertiary/aromatic N) is 1. The number of hydrogen-bond acceptors (Lipinski definition) is 4. The monoisotopic (exact) mass is 221 g/mol. The zero-order valence-electron chi connectivity index (χ0n) is 8.43. The van der Waals surface area contributed by atoms with Gasteiger partial charge in [0.25, 0.3) is 0 Å². The molecule has 0 aliphatic heterocycles. The Bertz CT molecular complexity index is 642. The first-order valence-corrected chi connectivity index (χ1v) is 4.76. The first kappa shape index (κ1) is 10.4. The number of nitrogens with two attached hydrogens (primary N) is 1. The summed E-state index contributed by atoms with van der Waals surface area (Å²) in [7, 11) is 0. The molecule has 2 aromatic rings. The molecule has 0 aliphatic carbocycles. The molecular formula is C10H11N3O3. The smallest absolute Gasteiger partial charge is 0.316 e. The Kier molecular flexibility index (Phi) is 2.49. The number of H-pyrrole nitrogens is 1. The van der Waals surface area contributed by atoms with Crippen molar-refractivity contribution >= 4 is 16.7 Å². The number of fused-ring (bicyclic) bond motifs is 1. The number of aromatic amines is 1. The van der Waals surface area contributed by atoms with Gasteiger partial charge in [0.1, 0.15) is 0 Å². The number of aliphatic hydroxyl groups is 1. The van der Waals surface area contributed by atoms with Crippen molar-refractivity contribution in [3.63, 3.8) is 0 Å². The summed E-state index contributed by atoms with van der Waals surface area (Å²) in [6, 6.07) is 4.84. The molecule has 0 radical (unpaired) electrons. The van der Waals surface area contributed by atoms with Gasteiger partial charge in [-0.2, -0.15) is 0 Å². The quantitative estimate of drug-likeness (QED) is 0.459. The lowest BCUT2D eigenvalue weighted by molar-refractivity contribution is 0.276. The molecule has 6 heteroatoms. The van der Waals surface area contributed by atoms with E-state index in [0.717, 1.165) is 0 Å². The number of nitrogens with one attached hydrogen (secondary N) is 1. The van der Waals surface area contributed by atoms with Gasteiger partial charge in [0.15, 0.2) is 0 Å². The summed E-state index contributed by atoms with van der Waals surface area (Å²) in [4.78, 5) is 25.3. The highest BCUT2D eigenvalue weighted by Gasteiger charge is 2.06. The Morgan fingerprint density at radius 1 is 1.38 bits per heavy atom. The highest BCUT2D eigenvalue weighted by Crippen LogP contribution is 2.12. The van der Waals surface area contributed by atoms with Crippen LogP contribution in [-0.4, -0.2) is 21.3 Å². The first-order chi connectivity index (χ1) is 7.63. The zero-order valence-corrected chi connectivity index (χ0v) is 8.43. The molecule has 0 amide bonds. The molecule has 0 saturated carbocycles. The van der Waals surface area contributed by atoms with Crippen LogP contribution in [0, 0.1) is 0 Å². The Labute approximate surface area is 89.9 Å². The molecule has 4 N–H and O–H groups in total. The fraction of sp³-hybridized carbons (Fsp3) is 0.200. The molecule has 16 heavy (non-hydrogen) atoms. The third-order valence-corrected chi connectivity index (χ3v) is 2.32. The summed E-state index contributed by atoms with van der Waals surface area (Å²) in [5.74, 6) is 0. The van der Waals surface area contributed by atoms with E-state index in [4.69, 9.17) is 10.8 Å². The number of anilines is 1. The molecule has 2 rings (SSSR count). The molecule has 0 fully saturated rings. The van der Waals surface area contributed by atoms with Gasteiger partial charge < -0.3 is 15.8 Å². The maximum absolute atomic E-state index is 11.5. The van der Waals surface area contributed by atoms with Crippen LogP contribution in [-0.2, 0) is 6.54 Å². The molecule has 0 aliphatic rings. The molecule has 84 valence electrons. The maximum atomic E-state index is 11.5. The van der Waals surface area contributed by atoms with Crippen LogP contribution in [0.5, 0.6) is 0 Å². The fourth-order valence-corrected chi connectivity index (χ4v) is 1.62. The molecule has 0 bridgehead atoms. The lowest BCUT2D eigenvalue weighted by Crippen LogP contribution is -2.37. The van der Waals surface area contributed by atoms with Gasteiger partial charge in [-0.1, -0.05) is 0 Å². The van der Waals surface area contributed by atoms with Gasteiger partial charge in [-0.15, -0.1) is 0 Å². The van der Waals surface area contributed by atoms with E-state index >= 15 is 0 Å². The molecule has 0 spiro atoms. The number of benzene rings is 1. The van der Waals surface area contributed by atoms with Crippen LogP contribution >= 0.6 is 0 Å². The van der Waals surface area contributed by atoms with Gasteiger partial charge in [-0.3, -0.25) is 14.2 Å². The van der Waals surface area contributed by atoms with Crippen molar-refractivity contribution in [2.24, 2.45) is 0 Å². The molecule has 1 aromatic heterocycles. The van der Waals surface area contributed by atoms with Crippen LogP contribution in [0.2, 0.25) is 0 Å². The third kappa shape index (κ3) is 1.59. The highest BCUT2D eigenvalue weighted by molar-refractivity contribution is 5.78. The number of hydrogen-bond donors (Lipinski definition) is 3. The highest BCUT2D eigenvalue weighted by atomic mass is 16.3. The summed E-state index contributed by atoms with van der Waals surface area (Å²) in [5, 5.41) is 8.85. The summed E-state index contributed by atoms with van der Waals surface area (Å²) in [6.07, 6.45) is 0. The Morgan fingerprint density at radius 3 is 2.81 bits per heavy atom. The van der Waals surface area contributed by atoms with Gasteiger partial charge >= 0.3 is 11.1 Å². The minimum absolute atomic E-state index is 0.0865. The van der Waals surface area contributed by atoms with Crippen molar-refractivity contribution in [2.45, 2.75) is 6.54 Å². The van der Waals surface area contributed by atoms with Gasteiger partial charge in [0, 0.05) is 12.2 Å². The maximum Gasteiger partial charge on any atom is 0.316 e. The molecule has 0 saturated heterocycles. The standard InChI is InChI=1S/C10H11N3O3/c11-6-1-2-8-7(5-6)12-9(15)10(16)13(8)3-4-14/h1-2,5,14H,3-4,11H2,(H,12,15). The SMILES string of the molecule is Nc1ccc2c(c1)[nH]c(=O)c(=O)n2CCO. The van der Waals surface area contributed by atoms with Gasteiger partial charge in [-0.25, -0.2) is 0 Å². The predicted octanol–water partition coefficient (Wildman–Crippen LogP) is -0.736. The van der Waals surface area contributed by atoms with E-state index in [9.17, 15) is 9.59 Å². The van der Waals surface area contributed by atoms with Crippen LogP contribution < -0.4 is 16.9 Å². The second-order valence-electron chi connectivity index (χ2n) is 3.41. The fourth-order valence-electron chi connectivity index (χ4n) is 1.62. The molecule has 1 aromatic carbocycles. The minimum atomic E-state index is -0.716. The predicted molar refractivity (Wildman–Crippen MR) is 60.3 cm³/mol. The minimum Gasteiger partial charge on any atom is -0.399 e. The largest absolute Gasteiger partial charge is 0.399 e. The van der Waals surface area contributed by atoms with E-state index in [0.29, 0.717) is 16.7 Å². The lowest BCUT2D eigenvalue weighted by atomic mass is 10.2. The lowest BCUT2D eigenvalue weighted by Gasteiger charge is -2.07. The summed E-state index contributed by atoms with van der Waals surface area (Å²) in [6.45, 7) is -0.119. The molecule has 6 nitrogen and oxygen atoms in total. The van der Waals surface area contributed by atoms with Crippen LogP contribution in [0.4, 0.5) is 5.69 Å². The summed E-state index contributed by atoms with van der Waals surface area (Å²) >= 11 is 0. The Hall–Kier alpha value is -2.08. The van der Waals surface area contributed by atoms with Crippen molar-refractivity contribution in [1.82, 2.24) is 9.55 Å². The van der Waals surface area contributed by atoms with Crippen molar-refractivity contribution in [2.75, 3.05) is 12.3 Å². The Morgan fingerprint density at radius 2 is 2.12 bits per heavy atom. The topological polar surface area (TPSA) is 101 Å². The average Bonchev–Trinajstić information content (AvgIpc) is 2.24. The Balaban J connectivity index is 2.89. The third-order valence-electron chi connectivity index (χ3n) is 2.32. The number of rotatable bonds is 2. The number of aromatic nitrogens is 2. The van der Waals surface area contributed by atoms with Gasteiger partial charge in [0.05, 0.1) is 17.6 Å². The van der Waals surface area contributed by atoms with E-state index in [1.807, 2.05) is 0 Å². The van der Waals surface area contributed by atoms with Crippen LogP contribution in [0.15, 0.2) is 27.8 Å². The number of aliphatic hydroxyl groups excluding tert-OH is 1. The molecular weight excluding hydrogens is 210 g/mol.